The normalized spacial score (nSPS) is 21.5. The minimum atomic E-state index is -1.16. The van der Waals surface area contributed by atoms with Gasteiger partial charge in [-0.2, -0.15) is 0 Å². The molecular formula is C20H20N2O5. The Morgan fingerprint density at radius 1 is 1.04 bits per heavy atom. The molecule has 3 rings (SSSR count). The number of carbonyl (C=O) groups is 3. The third-order valence-electron chi connectivity index (χ3n) is 4.68. The van der Waals surface area contributed by atoms with Crippen molar-refractivity contribution in [1.82, 2.24) is 4.90 Å². The number of carboxylic acid groups (broad SMARTS) is 1. The summed E-state index contributed by atoms with van der Waals surface area (Å²) < 4.78 is 4.87. The van der Waals surface area contributed by atoms with Crippen LogP contribution in [0.4, 0.5) is 10.5 Å². The number of amides is 2. The van der Waals surface area contributed by atoms with Crippen LogP contribution in [0.5, 0.6) is 0 Å². The summed E-state index contributed by atoms with van der Waals surface area (Å²) in [4.78, 5) is 38.3. The Hall–Kier alpha value is -3.35. The topological polar surface area (TPSA) is 95.9 Å². The Morgan fingerprint density at radius 3 is 2.19 bits per heavy atom. The highest BCUT2D eigenvalue weighted by molar-refractivity contribution is 5.94. The highest BCUT2D eigenvalue weighted by atomic mass is 16.5. The molecule has 0 aromatic heterocycles. The SMILES string of the molecule is COC(=O)C1CC(C(=O)O)N(C(=O)Nc2ccccc2)C1c1ccccc1. The van der Waals surface area contributed by atoms with Gasteiger partial charge in [-0.3, -0.25) is 4.79 Å². The maximum absolute atomic E-state index is 13.0. The molecule has 0 radical (unpaired) electrons. The maximum Gasteiger partial charge on any atom is 0.326 e. The van der Waals surface area contributed by atoms with Crippen LogP contribution >= 0.6 is 0 Å². The Kier molecular flexibility index (Phi) is 5.40. The molecule has 2 aromatic rings. The molecule has 2 N–H and O–H groups in total. The summed E-state index contributed by atoms with van der Waals surface area (Å²) in [5, 5.41) is 12.4. The van der Waals surface area contributed by atoms with E-state index in [1.54, 1.807) is 48.5 Å². The van der Waals surface area contributed by atoms with Gasteiger partial charge in [0.1, 0.15) is 6.04 Å². The molecular weight excluding hydrogens is 348 g/mol. The number of ether oxygens (including phenoxy) is 1. The van der Waals surface area contributed by atoms with Gasteiger partial charge in [-0.25, -0.2) is 9.59 Å². The first kappa shape index (κ1) is 18.4. The molecule has 2 aromatic carbocycles. The molecule has 2 amide bonds. The number of nitrogens with one attached hydrogen (secondary N) is 1. The van der Waals surface area contributed by atoms with Gasteiger partial charge in [0.2, 0.25) is 0 Å². The van der Waals surface area contributed by atoms with Crippen LogP contribution < -0.4 is 5.32 Å². The van der Waals surface area contributed by atoms with E-state index in [0.717, 1.165) is 0 Å². The molecule has 1 heterocycles. The van der Waals surface area contributed by atoms with Crippen LogP contribution in [0.1, 0.15) is 18.0 Å². The number of anilines is 1. The number of para-hydroxylation sites is 1. The summed E-state index contributed by atoms with van der Waals surface area (Å²) in [6.07, 6.45) is -0.0101. The van der Waals surface area contributed by atoms with Gasteiger partial charge >= 0.3 is 18.0 Å². The zero-order chi connectivity index (χ0) is 19.4. The fourth-order valence-corrected chi connectivity index (χ4v) is 3.49. The van der Waals surface area contributed by atoms with Gasteiger partial charge < -0.3 is 20.1 Å². The summed E-state index contributed by atoms with van der Waals surface area (Å²) in [5.41, 5.74) is 1.22. The standard InChI is InChI=1S/C20H20N2O5/c1-27-19(25)15-12-16(18(23)24)22(17(15)13-8-4-2-5-9-13)20(26)21-14-10-6-3-7-11-14/h2-11,15-17H,12H2,1H3,(H,21,26)(H,23,24). The minimum Gasteiger partial charge on any atom is -0.480 e. The maximum atomic E-state index is 13.0. The molecule has 0 bridgehead atoms. The lowest BCUT2D eigenvalue weighted by Gasteiger charge is -2.30. The number of hydrogen-bond donors (Lipinski definition) is 2. The van der Waals surface area contributed by atoms with Gasteiger partial charge in [-0.15, -0.1) is 0 Å². The number of hydrogen-bond acceptors (Lipinski definition) is 4. The molecule has 7 heteroatoms. The first-order valence-corrected chi connectivity index (χ1v) is 8.53. The van der Waals surface area contributed by atoms with Crippen molar-refractivity contribution in [1.29, 1.82) is 0 Å². The molecule has 3 unspecified atom stereocenters. The van der Waals surface area contributed by atoms with E-state index in [1.165, 1.54) is 12.0 Å². The van der Waals surface area contributed by atoms with E-state index in [0.29, 0.717) is 11.3 Å². The Labute approximate surface area is 156 Å². The predicted molar refractivity (Wildman–Crippen MR) is 98.0 cm³/mol. The Bertz CT molecular complexity index is 825. The van der Waals surface area contributed by atoms with E-state index in [-0.39, 0.29) is 6.42 Å². The highest BCUT2D eigenvalue weighted by Gasteiger charge is 2.51. The number of likely N-dealkylation sites (tertiary alicyclic amines) is 1. The Balaban J connectivity index is 2.00. The molecule has 0 saturated carbocycles. The molecule has 0 spiro atoms. The molecule has 3 atom stereocenters. The monoisotopic (exact) mass is 368 g/mol. The highest BCUT2D eigenvalue weighted by Crippen LogP contribution is 2.42. The number of esters is 1. The van der Waals surface area contributed by atoms with E-state index in [2.05, 4.69) is 5.32 Å². The third kappa shape index (κ3) is 3.76. The number of aliphatic carboxylic acids is 1. The summed E-state index contributed by atoms with van der Waals surface area (Å²) in [6, 6.07) is 15.2. The van der Waals surface area contributed by atoms with E-state index >= 15 is 0 Å². The van der Waals surface area contributed by atoms with Gasteiger partial charge in [-0.05, 0) is 24.1 Å². The summed E-state index contributed by atoms with van der Waals surface area (Å²) in [6.45, 7) is 0. The van der Waals surface area contributed by atoms with Crippen molar-refractivity contribution in [3.05, 3.63) is 66.2 Å². The van der Waals surface area contributed by atoms with E-state index in [1.807, 2.05) is 12.1 Å². The van der Waals surface area contributed by atoms with Gasteiger partial charge in [-0.1, -0.05) is 48.5 Å². The van der Waals surface area contributed by atoms with Crippen molar-refractivity contribution in [3.8, 4) is 0 Å². The summed E-state index contributed by atoms with van der Waals surface area (Å²) >= 11 is 0. The molecule has 140 valence electrons. The van der Waals surface area contributed by atoms with Gasteiger partial charge in [0.25, 0.3) is 0 Å². The van der Waals surface area contributed by atoms with Crippen LogP contribution in [-0.4, -0.2) is 41.1 Å². The molecule has 1 aliphatic heterocycles. The fraction of sp³-hybridized carbons (Fsp3) is 0.250. The summed E-state index contributed by atoms with van der Waals surface area (Å²) in [5.74, 6) is -2.46. The van der Waals surface area contributed by atoms with Crippen LogP contribution in [0.25, 0.3) is 0 Å². The lowest BCUT2D eigenvalue weighted by Crippen LogP contribution is -2.44. The van der Waals surface area contributed by atoms with Crippen molar-refractivity contribution in [2.75, 3.05) is 12.4 Å². The largest absolute Gasteiger partial charge is 0.480 e. The van der Waals surface area contributed by atoms with Crippen LogP contribution in [0.3, 0.4) is 0 Å². The van der Waals surface area contributed by atoms with Crippen LogP contribution in [0.2, 0.25) is 0 Å². The first-order valence-electron chi connectivity index (χ1n) is 8.53. The zero-order valence-electron chi connectivity index (χ0n) is 14.7. The van der Waals surface area contributed by atoms with Crippen LogP contribution in [-0.2, 0) is 14.3 Å². The minimum absolute atomic E-state index is 0.0101. The van der Waals surface area contributed by atoms with Crippen molar-refractivity contribution in [3.63, 3.8) is 0 Å². The molecule has 7 nitrogen and oxygen atoms in total. The number of nitrogens with zero attached hydrogens (tertiary/aromatic N) is 1. The van der Waals surface area contributed by atoms with Crippen molar-refractivity contribution in [2.45, 2.75) is 18.5 Å². The second-order valence-electron chi connectivity index (χ2n) is 6.28. The quantitative estimate of drug-likeness (QED) is 0.809. The number of methoxy groups -OCH3 is 1. The zero-order valence-corrected chi connectivity index (χ0v) is 14.7. The third-order valence-corrected chi connectivity index (χ3v) is 4.68. The molecule has 0 aliphatic carbocycles. The Morgan fingerprint density at radius 2 is 1.63 bits per heavy atom. The average Bonchev–Trinajstić information content (AvgIpc) is 3.10. The number of benzene rings is 2. The number of urea groups is 1. The molecule has 1 saturated heterocycles. The number of carboxylic acids is 1. The smallest absolute Gasteiger partial charge is 0.326 e. The van der Waals surface area contributed by atoms with Crippen molar-refractivity contribution in [2.24, 2.45) is 5.92 Å². The fourth-order valence-electron chi connectivity index (χ4n) is 3.49. The van der Waals surface area contributed by atoms with E-state index in [9.17, 15) is 19.5 Å². The second-order valence-corrected chi connectivity index (χ2v) is 6.28. The van der Waals surface area contributed by atoms with Crippen molar-refractivity contribution >= 4 is 23.7 Å². The van der Waals surface area contributed by atoms with E-state index in [4.69, 9.17) is 4.74 Å². The van der Waals surface area contributed by atoms with Gasteiger partial charge in [0.15, 0.2) is 0 Å². The van der Waals surface area contributed by atoms with Crippen LogP contribution in [0.15, 0.2) is 60.7 Å². The van der Waals surface area contributed by atoms with Crippen LogP contribution in [0, 0.1) is 5.92 Å². The average molecular weight is 368 g/mol. The van der Waals surface area contributed by atoms with Crippen molar-refractivity contribution < 1.29 is 24.2 Å². The molecule has 1 fully saturated rings. The molecule has 27 heavy (non-hydrogen) atoms. The lowest BCUT2D eigenvalue weighted by atomic mass is 9.93. The first-order chi connectivity index (χ1) is 13.0. The number of rotatable bonds is 4. The lowest BCUT2D eigenvalue weighted by molar-refractivity contribution is -0.146. The summed E-state index contributed by atoms with van der Waals surface area (Å²) in [7, 11) is 1.26. The number of carbonyl (C=O) groups excluding carboxylic acids is 2. The van der Waals surface area contributed by atoms with Gasteiger partial charge in [0.05, 0.1) is 19.1 Å². The predicted octanol–water partition coefficient (Wildman–Crippen LogP) is 2.91. The van der Waals surface area contributed by atoms with Gasteiger partial charge in [0, 0.05) is 5.69 Å². The molecule has 1 aliphatic rings. The second kappa shape index (κ2) is 7.90. The van der Waals surface area contributed by atoms with E-state index < -0.39 is 36.0 Å².